The molecular formula is C13H17ClFN. The van der Waals surface area contributed by atoms with Crippen LogP contribution < -0.4 is 5.73 Å². The molecule has 0 amide bonds. The maximum Gasteiger partial charge on any atom is 0.142 e. The van der Waals surface area contributed by atoms with E-state index in [2.05, 4.69) is 6.92 Å². The van der Waals surface area contributed by atoms with E-state index in [4.69, 9.17) is 17.3 Å². The molecule has 0 spiro atoms. The summed E-state index contributed by atoms with van der Waals surface area (Å²) >= 11 is 5.95. The quantitative estimate of drug-likeness (QED) is 0.844. The van der Waals surface area contributed by atoms with Crippen molar-refractivity contribution < 1.29 is 4.39 Å². The third kappa shape index (κ3) is 2.23. The zero-order valence-corrected chi connectivity index (χ0v) is 10.2. The topological polar surface area (TPSA) is 26.0 Å². The first-order chi connectivity index (χ1) is 7.59. The monoisotopic (exact) mass is 241 g/mol. The van der Waals surface area contributed by atoms with Crippen molar-refractivity contribution in [1.29, 1.82) is 0 Å². The normalized spacial score (nSPS) is 29.6. The molecule has 1 fully saturated rings. The number of halogens is 2. The number of benzene rings is 1. The van der Waals surface area contributed by atoms with Gasteiger partial charge in [0.1, 0.15) is 5.82 Å². The smallest absolute Gasteiger partial charge is 0.142 e. The average molecular weight is 242 g/mol. The predicted molar refractivity (Wildman–Crippen MR) is 65.0 cm³/mol. The lowest BCUT2D eigenvalue weighted by Gasteiger charge is -2.18. The molecule has 16 heavy (non-hydrogen) atoms. The highest BCUT2D eigenvalue weighted by Gasteiger charge is 2.30. The van der Waals surface area contributed by atoms with E-state index in [0.29, 0.717) is 11.8 Å². The maximum atomic E-state index is 13.3. The van der Waals surface area contributed by atoms with Gasteiger partial charge in [0.25, 0.3) is 0 Å². The summed E-state index contributed by atoms with van der Waals surface area (Å²) in [4.78, 5) is 0. The Balaban J connectivity index is 2.12. The van der Waals surface area contributed by atoms with Crippen molar-refractivity contribution in [2.75, 3.05) is 0 Å². The van der Waals surface area contributed by atoms with Crippen molar-refractivity contribution in [2.24, 2.45) is 17.6 Å². The van der Waals surface area contributed by atoms with Crippen molar-refractivity contribution in [3.05, 3.63) is 34.6 Å². The highest BCUT2D eigenvalue weighted by atomic mass is 35.5. The molecule has 0 heterocycles. The molecular weight excluding hydrogens is 225 g/mol. The third-order valence-electron chi connectivity index (χ3n) is 3.80. The summed E-state index contributed by atoms with van der Waals surface area (Å²) < 4.78 is 13.3. The fourth-order valence-electron chi connectivity index (χ4n) is 2.56. The molecule has 0 aromatic heterocycles. The minimum Gasteiger partial charge on any atom is -0.327 e. The van der Waals surface area contributed by atoms with E-state index >= 15 is 0 Å². The van der Waals surface area contributed by atoms with Crippen LogP contribution in [0.15, 0.2) is 18.2 Å². The maximum absolute atomic E-state index is 13.3. The van der Waals surface area contributed by atoms with Crippen molar-refractivity contribution in [3.8, 4) is 0 Å². The molecule has 3 atom stereocenters. The fraction of sp³-hybridized carbons (Fsp3) is 0.538. The molecule has 1 aromatic rings. The molecule has 0 aliphatic heterocycles. The Morgan fingerprint density at radius 3 is 2.81 bits per heavy atom. The fourth-order valence-corrected chi connectivity index (χ4v) is 2.76. The summed E-state index contributed by atoms with van der Waals surface area (Å²) in [6, 6.07) is 5.31. The molecule has 0 bridgehead atoms. The third-order valence-corrected chi connectivity index (χ3v) is 4.23. The number of hydrogen-bond acceptors (Lipinski definition) is 1. The van der Waals surface area contributed by atoms with Gasteiger partial charge in [0.05, 0.1) is 5.02 Å². The van der Waals surface area contributed by atoms with Crippen molar-refractivity contribution in [1.82, 2.24) is 0 Å². The minimum absolute atomic E-state index is 0.273. The lowest BCUT2D eigenvalue weighted by Crippen LogP contribution is -2.25. The number of rotatable bonds is 2. The zero-order chi connectivity index (χ0) is 11.7. The van der Waals surface area contributed by atoms with Crippen LogP contribution >= 0.6 is 11.6 Å². The van der Waals surface area contributed by atoms with Crippen LogP contribution in [0.25, 0.3) is 0 Å². The molecule has 1 aliphatic carbocycles. The molecule has 1 saturated carbocycles. The van der Waals surface area contributed by atoms with Gasteiger partial charge in [-0.25, -0.2) is 4.39 Å². The van der Waals surface area contributed by atoms with Crippen molar-refractivity contribution in [2.45, 2.75) is 32.2 Å². The van der Waals surface area contributed by atoms with E-state index in [1.54, 1.807) is 6.07 Å². The van der Waals surface area contributed by atoms with Crippen molar-refractivity contribution >= 4 is 11.6 Å². The van der Waals surface area contributed by atoms with Crippen LogP contribution in [0.3, 0.4) is 0 Å². The van der Waals surface area contributed by atoms with Gasteiger partial charge in [-0.2, -0.15) is 0 Å². The summed E-state index contributed by atoms with van der Waals surface area (Å²) in [5.74, 6) is 0.711. The van der Waals surface area contributed by atoms with Crippen LogP contribution in [-0.4, -0.2) is 6.04 Å². The number of hydrogen-bond donors (Lipinski definition) is 1. The Morgan fingerprint density at radius 2 is 2.19 bits per heavy atom. The molecule has 1 nitrogen and oxygen atoms in total. The van der Waals surface area contributed by atoms with Gasteiger partial charge in [-0.15, -0.1) is 0 Å². The molecule has 2 N–H and O–H groups in total. The Bertz CT molecular complexity index is 380. The molecule has 1 aromatic carbocycles. The second-order valence-corrected chi connectivity index (χ2v) is 5.16. The van der Waals surface area contributed by atoms with Gasteiger partial charge in [-0.3, -0.25) is 0 Å². The first kappa shape index (κ1) is 11.9. The highest BCUT2D eigenvalue weighted by molar-refractivity contribution is 6.31. The summed E-state index contributed by atoms with van der Waals surface area (Å²) in [5, 5.41) is 0.273. The Morgan fingerprint density at radius 1 is 1.44 bits per heavy atom. The van der Waals surface area contributed by atoms with Gasteiger partial charge >= 0.3 is 0 Å². The van der Waals surface area contributed by atoms with Gasteiger partial charge in [0, 0.05) is 6.04 Å². The summed E-state index contributed by atoms with van der Waals surface area (Å²) in [7, 11) is 0. The molecule has 3 unspecified atom stereocenters. The standard InChI is InChI=1S/C13H17ClFN/c1-8-9(5-6-12(8)16)7-10-3-2-4-11(15)13(10)14/h2-4,8-9,12H,5-7,16H2,1H3. The Kier molecular flexibility index (Phi) is 3.50. The molecule has 88 valence electrons. The zero-order valence-electron chi connectivity index (χ0n) is 9.42. The molecule has 3 heteroatoms. The largest absolute Gasteiger partial charge is 0.327 e. The van der Waals surface area contributed by atoms with Crippen LogP contribution in [0.5, 0.6) is 0 Å². The molecule has 2 rings (SSSR count). The molecule has 0 radical (unpaired) electrons. The second kappa shape index (κ2) is 4.72. The Hall–Kier alpha value is -0.600. The predicted octanol–water partition coefficient (Wildman–Crippen LogP) is 3.40. The highest BCUT2D eigenvalue weighted by Crippen LogP contribution is 2.34. The average Bonchev–Trinajstić information content (AvgIpc) is 2.57. The van der Waals surface area contributed by atoms with Crippen LogP contribution in [0.4, 0.5) is 4.39 Å². The van der Waals surface area contributed by atoms with Gasteiger partial charge in [-0.1, -0.05) is 30.7 Å². The van der Waals surface area contributed by atoms with E-state index in [0.717, 1.165) is 24.8 Å². The van der Waals surface area contributed by atoms with Gasteiger partial charge in [0.15, 0.2) is 0 Å². The SMILES string of the molecule is CC1C(N)CCC1Cc1cccc(F)c1Cl. The van der Waals surface area contributed by atoms with Gasteiger partial charge < -0.3 is 5.73 Å². The lowest BCUT2D eigenvalue weighted by molar-refractivity contribution is 0.390. The Labute approximate surface area is 101 Å². The van der Waals surface area contributed by atoms with Crippen LogP contribution in [-0.2, 0) is 6.42 Å². The molecule has 1 aliphatic rings. The van der Waals surface area contributed by atoms with Crippen molar-refractivity contribution in [3.63, 3.8) is 0 Å². The van der Waals surface area contributed by atoms with E-state index in [1.165, 1.54) is 6.07 Å². The summed E-state index contributed by atoms with van der Waals surface area (Å²) in [6.07, 6.45) is 3.03. The van der Waals surface area contributed by atoms with Gasteiger partial charge in [0.2, 0.25) is 0 Å². The van der Waals surface area contributed by atoms with Crippen LogP contribution in [0.1, 0.15) is 25.3 Å². The van der Waals surface area contributed by atoms with E-state index in [-0.39, 0.29) is 16.9 Å². The van der Waals surface area contributed by atoms with E-state index in [9.17, 15) is 4.39 Å². The summed E-state index contributed by atoms with van der Waals surface area (Å²) in [6.45, 7) is 2.18. The second-order valence-electron chi connectivity index (χ2n) is 4.78. The van der Waals surface area contributed by atoms with Gasteiger partial charge in [-0.05, 0) is 42.7 Å². The first-order valence-corrected chi connectivity index (χ1v) is 6.16. The first-order valence-electron chi connectivity index (χ1n) is 5.78. The summed E-state index contributed by atoms with van der Waals surface area (Å²) in [5.41, 5.74) is 6.89. The van der Waals surface area contributed by atoms with E-state index in [1.807, 2.05) is 6.07 Å². The minimum atomic E-state index is -0.325. The van der Waals surface area contributed by atoms with Crippen LogP contribution in [0.2, 0.25) is 5.02 Å². The number of nitrogens with two attached hydrogens (primary N) is 1. The van der Waals surface area contributed by atoms with E-state index < -0.39 is 0 Å². The lowest BCUT2D eigenvalue weighted by atomic mass is 9.90. The molecule has 0 saturated heterocycles. The van der Waals surface area contributed by atoms with Crippen LogP contribution in [0, 0.1) is 17.7 Å².